The minimum absolute atomic E-state index is 0.0665. The van der Waals surface area contributed by atoms with Crippen LogP contribution in [-0.2, 0) is 19.3 Å². The molecule has 9 heteroatoms. The van der Waals surface area contributed by atoms with E-state index >= 15 is 0 Å². The number of nitrogens with one attached hydrogen (secondary N) is 1. The van der Waals surface area contributed by atoms with Crippen LogP contribution in [0.1, 0.15) is 47.3 Å². The lowest BCUT2D eigenvalue weighted by Gasteiger charge is -2.22. The third kappa shape index (κ3) is 3.03. The summed E-state index contributed by atoms with van der Waals surface area (Å²) in [5.74, 6) is 0.542. The summed E-state index contributed by atoms with van der Waals surface area (Å²) in [6, 6.07) is 0. The van der Waals surface area contributed by atoms with Crippen molar-refractivity contribution in [1.82, 2.24) is 20.0 Å². The van der Waals surface area contributed by atoms with E-state index < -0.39 is 11.4 Å². The van der Waals surface area contributed by atoms with Crippen LogP contribution in [0.15, 0.2) is 9.32 Å². The first-order valence-corrected chi connectivity index (χ1v) is 10.4. The highest BCUT2D eigenvalue weighted by Crippen LogP contribution is 2.34. The van der Waals surface area contributed by atoms with Gasteiger partial charge in [0.25, 0.3) is 11.5 Å². The zero-order chi connectivity index (χ0) is 20.1. The molecule has 154 valence electrons. The molecular formula is C20H24FN5O3. The second kappa shape index (κ2) is 6.96. The fourth-order valence-electron chi connectivity index (χ4n) is 4.91. The smallest absolute Gasteiger partial charge is 0.292 e. The largest absolute Gasteiger partial charge is 0.350 e. The summed E-state index contributed by atoms with van der Waals surface area (Å²) in [7, 11) is 0. The molecule has 0 bridgehead atoms. The van der Waals surface area contributed by atoms with E-state index in [2.05, 4.69) is 15.1 Å². The third-order valence-electron chi connectivity index (χ3n) is 6.48. The zero-order valence-corrected chi connectivity index (χ0v) is 16.4. The van der Waals surface area contributed by atoms with Crippen LogP contribution in [0, 0.1) is 17.7 Å². The monoisotopic (exact) mass is 401 g/mol. The van der Waals surface area contributed by atoms with Crippen LogP contribution in [0.3, 0.4) is 0 Å². The Bertz CT molecular complexity index is 1000. The highest BCUT2D eigenvalue weighted by atomic mass is 19.1. The van der Waals surface area contributed by atoms with Gasteiger partial charge in [0.2, 0.25) is 17.5 Å². The summed E-state index contributed by atoms with van der Waals surface area (Å²) in [5, 5.41) is 4.10. The molecule has 8 nitrogen and oxygen atoms in total. The van der Waals surface area contributed by atoms with Crippen LogP contribution in [0.5, 0.6) is 0 Å². The minimum Gasteiger partial charge on any atom is -0.350 e. The Balaban J connectivity index is 1.29. The lowest BCUT2D eigenvalue weighted by molar-refractivity contribution is 0.0739. The molecular weight excluding hydrogens is 377 g/mol. The number of anilines is 1. The number of rotatable bonds is 3. The Hall–Kier alpha value is -2.71. The lowest BCUT2D eigenvalue weighted by atomic mass is 9.96. The third-order valence-corrected chi connectivity index (χ3v) is 6.48. The van der Waals surface area contributed by atoms with Gasteiger partial charge in [-0.15, -0.1) is 0 Å². The van der Waals surface area contributed by atoms with Crippen LogP contribution in [0.4, 0.5) is 10.3 Å². The minimum atomic E-state index is -0.803. The predicted molar refractivity (Wildman–Crippen MR) is 102 cm³/mol. The number of carbonyl (C=O) groups is 1. The summed E-state index contributed by atoms with van der Waals surface area (Å²) in [4.78, 5) is 35.6. The number of nitrogens with zero attached hydrogens (tertiary/aromatic N) is 4. The van der Waals surface area contributed by atoms with Crippen molar-refractivity contribution in [1.29, 1.82) is 0 Å². The standard InChI is InChI=1S/C20H24FN5O3/c1-2-14-16(21)18(27)23-20(22-14)26-9-11-7-25(8-12(11)10-26)19(28)17-13-5-3-4-6-15(13)24-29-17/h11-12H,2-10H2,1H3,(H,22,23,27). The molecule has 0 spiro atoms. The maximum atomic E-state index is 13.8. The van der Waals surface area contributed by atoms with Crippen LogP contribution in [-0.4, -0.2) is 52.1 Å². The number of aromatic amines is 1. The summed E-state index contributed by atoms with van der Waals surface area (Å²) in [5.41, 5.74) is 1.38. The van der Waals surface area contributed by atoms with Gasteiger partial charge in [-0.25, -0.2) is 4.98 Å². The van der Waals surface area contributed by atoms with Gasteiger partial charge in [-0.2, -0.15) is 4.39 Å². The van der Waals surface area contributed by atoms with Crippen molar-refractivity contribution in [2.24, 2.45) is 11.8 Å². The first kappa shape index (κ1) is 18.3. The molecule has 1 amide bonds. The molecule has 1 N–H and O–H groups in total. The Morgan fingerprint density at radius 3 is 2.66 bits per heavy atom. The van der Waals surface area contributed by atoms with Crippen molar-refractivity contribution in [2.75, 3.05) is 31.1 Å². The van der Waals surface area contributed by atoms with E-state index in [1.165, 1.54) is 0 Å². The van der Waals surface area contributed by atoms with E-state index in [0.29, 0.717) is 44.3 Å². The molecule has 2 atom stereocenters. The second-order valence-electron chi connectivity index (χ2n) is 8.28. The Morgan fingerprint density at radius 1 is 1.21 bits per heavy atom. The van der Waals surface area contributed by atoms with Gasteiger partial charge in [-0.05, 0) is 32.1 Å². The topological polar surface area (TPSA) is 95.3 Å². The number of fused-ring (bicyclic) bond motifs is 2. The maximum absolute atomic E-state index is 13.8. The first-order valence-electron chi connectivity index (χ1n) is 10.4. The normalized spacial score (nSPS) is 23.4. The SMILES string of the molecule is CCc1nc(N2CC3CN(C(=O)c4onc5c4CCCC5)CC3C2)[nH]c(=O)c1F. The average molecular weight is 401 g/mol. The number of hydrogen-bond donors (Lipinski definition) is 1. The number of H-pyrrole nitrogens is 1. The van der Waals surface area contributed by atoms with E-state index in [4.69, 9.17) is 4.52 Å². The molecule has 3 aliphatic rings. The molecule has 0 aromatic carbocycles. The molecule has 5 rings (SSSR count). The quantitative estimate of drug-likeness (QED) is 0.838. The Morgan fingerprint density at radius 2 is 1.93 bits per heavy atom. The molecule has 0 radical (unpaired) electrons. The van der Waals surface area contributed by atoms with Gasteiger partial charge in [0.1, 0.15) is 0 Å². The van der Waals surface area contributed by atoms with Gasteiger partial charge in [0, 0.05) is 43.6 Å². The summed E-state index contributed by atoms with van der Waals surface area (Å²) < 4.78 is 19.2. The van der Waals surface area contributed by atoms with E-state index in [9.17, 15) is 14.0 Å². The molecule has 1 aliphatic carbocycles. The molecule has 2 saturated heterocycles. The first-order chi connectivity index (χ1) is 14.0. The molecule has 2 aromatic rings. The predicted octanol–water partition coefficient (Wildman–Crippen LogP) is 1.55. The van der Waals surface area contributed by atoms with Gasteiger partial charge in [0.05, 0.1) is 11.4 Å². The molecule has 2 unspecified atom stereocenters. The van der Waals surface area contributed by atoms with Crippen LogP contribution >= 0.6 is 0 Å². The molecule has 2 aliphatic heterocycles. The van der Waals surface area contributed by atoms with Crippen molar-refractivity contribution >= 4 is 11.9 Å². The highest BCUT2D eigenvalue weighted by molar-refractivity contribution is 5.93. The van der Waals surface area contributed by atoms with E-state index in [1.807, 2.05) is 9.80 Å². The molecule has 29 heavy (non-hydrogen) atoms. The van der Waals surface area contributed by atoms with Gasteiger partial charge in [-0.3, -0.25) is 14.6 Å². The fourth-order valence-corrected chi connectivity index (χ4v) is 4.91. The Kier molecular flexibility index (Phi) is 4.40. The van der Waals surface area contributed by atoms with Gasteiger partial charge < -0.3 is 14.3 Å². The van der Waals surface area contributed by atoms with Crippen molar-refractivity contribution in [2.45, 2.75) is 39.0 Å². The number of aromatic nitrogens is 3. The summed E-state index contributed by atoms with van der Waals surface area (Å²) in [6.07, 6.45) is 4.27. The number of likely N-dealkylation sites (tertiary alicyclic amines) is 1. The fraction of sp³-hybridized carbons (Fsp3) is 0.600. The van der Waals surface area contributed by atoms with Gasteiger partial charge >= 0.3 is 0 Å². The summed E-state index contributed by atoms with van der Waals surface area (Å²) in [6.45, 7) is 4.42. The van der Waals surface area contributed by atoms with E-state index in [0.717, 1.165) is 36.9 Å². The van der Waals surface area contributed by atoms with Crippen LogP contribution in [0.25, 0.3) is 0 Å². The number of aryl methyl sites for hydroxylation is 2. The lowest BCUT2D eigenvalue weighted by Crippen LogP contribution is -2.35. The van der Waals surface area contributed by atoms with Gasteiger partial charge in [-0.1, -0.05) is 12.1 Å². The molecule has 2 aromatic heterocycles. The van der Waals surface area contributed by atoms with Crippen LogP contribution in [0.2, 0.25) is 0 Å². The number of halogens is 1. The second-order valence-corrected chi connectivity index (χ2v) is 8.28. The van der Waals surface area contributed by atoms with E-state index in [-0.39, 0.29) is 23.4 Å². The zero-order valence-electron chi connectivity index (χ0n) is 16.4. The van der Waals surface area contributed by atoms with E-state index in [1.54, 1.807) is 6.92 Å². The van der Waals surface area contributed by atoms with Crippen molar-refractivity contribution < 1.29 is 13.7 Å². The summed E-state index contributed by atoms with van der Waals surface area (Å²) >= 11 is 0. The highest BCUT2D eigenvalue weighted by Gasteiger charge is 2.43. The molecule has 0 saturated carbocycles. The Labute approximate surface area is 167 Å². The van der Waals surface area contributed by atoms with Gasteiger partial charge in [0.15, 0.2) is 0 Å². The average Bonchev–Trinajstić information content (AvgIpc) is 3.42. The number of hydrogen-bond acceptors (Lipinski definition) is 6. The molecule has 2 fully saturated rings. The number of carbonyl (C=O) groups excluding carboxylic acids is 1. The van der Waals surface area contributed by atoms with Crippen LogP contribution < -0.4 is 10.5 Å². The van der Waals surface area contributed by atoms with Crippen molar-refractivity contribution in [3.63, 3.8) is 0 Å². The molecule has 4 heterocycles. The van der Waals surface area contributed by atoms with Crippen molar-refractivity contribution in [3.05, 3.63) is 38.9 Å². The number of amides is 1. The maximum Gasteiger partial charge on any atom is 0.292 e. The van der Waals surface area contributed by atoms with Crippen molar-refractivity contribution in [3.8, 4) is 0 Å².